The lowest BCUT2D eigenvalue weighted by atomic mass is 9.83. The van der Waals surface area contributed by atoms with Crippen molar-refractivity contribution in [1.82, 2.24) is 14.5 Å². The van der Waals surface area contributed by atoms with Crippen molar-refractivity contribution in [3.8, 4) is 0 Å². The van der Waals surface area contributed by atoms with Crippen molar-refractivity contribution in [2.24, 2.45) is 7.05 Å². The molecule has 1 aliphatic rings. The van der Waals surface area contributed by atoms with Gasteiger partial charge in [-0.25, -0.2) is 4.79 Å². The molecule has 2 aromatic heterocycles. The van der Waals surface area contributed by atoms with Crippen LogP contribution in [-0.2, 0) is 13.5 Å². The summed E-state index contributed by atoms with van der Waals surface area (Å²) in [4.78, 5) is 30.0. The van der Waals surface area contributed by atoms with Crippen LogP contribution in [0.4, 0.5) is 0 Å². The minimum atomic E-state index is -0.430. The monoisotopic (exact) mass is 411 g/mol. The predicted molar refractivity (Wildman–Crippen MR) is 124 cm³/mol. The Balaban J connectivity index is 1.45. The SMILES string of the molecule is Cn1ccc2ccc(C3=CCC(c4[nH]c(=O)[nH]c(=O)c4Cc4ccccc4)CC3)cc21. The van der Waals surface area contributed by atoms with E-state index in [0.717, 1.165) is 30.5 Å². The number of nitrogens with one attached hydrogen (secondary N) is 2. The molecule has 2 heterocycles. The molecule has 31 heavy (non-hydrogen) atoms. The maximum Gasteiger partial charge on any atom is 0.325 e. The molecule has 0 amide bonds. The minimum absolute atomic E-state index is 0.135. The van der Waals surface area contributed by atoms with E-state index in [1.807, 2.05) is 30.3 Å². The Morgan fingerprint density at radius 1 is 1.03 bits per heavy atom. The summed E-state index contributed by atoms with van der Waals surface area (Å²) in [7, 11) is 2.06. The van der Waals surface area contributed by atoms with Crippen LogP contribution in [0.2, 0.25) is 0 Å². The van der Waals surface area contributed by atoms with E-state index >= 15 is 0 Å². The number of nitrogens with zero attached hydrogens (tertiary/aromatic N) is 1. The van der Waals surface area contributed by atoms with E-state index in [2.05, 4.69) is 58.1 Å². The third-order valence-corrected chi connectivity index (χ3v) is 6.38. The van der Waals surface area contributed by atoms with Crippen LogP contribution in [0.1, 0.15) is 47.6 Å². The summed E-state index contributed by atoms with van der Waals surface area (Å²) in [5.41, 5.74) is 5.59. The molecule has 4 aromatic rings. The van der Waals surface area contributed by atoms with E-state index in [4.69, 9.17) is 0 Å². The summed E-state index contributed by atoms with van der Waals surface area (Å²) < 4.78 is 2.14. The van der Waals surface area contributed by atoms with Crippen molar-refractivity contribution >= 4 is 16.5 Å². The Bertz CT molecular complexity index is 1390. The quantitative estimate of drug-likeness (QED) is 0.519. The van der Waals surface area contributed by atoms with Gasteiger partial charge in [-0.15, -0.1) is 0 Å². The normalized spacial score (nSPS) is 16.4. The Morgan fingerprint density at radius 2 is 1.87 bits per heavy atom. The van der Waals surface area contributed by atoms with E-state index < -0.39 is 5.69 Å². The fraction of sp³-hybridized carbons (Fsp3) is 0.231. The Labute approximate surface area is 180 Å². The lowest BCUT2D eigenvalue weighted by Gasteiger charge is -2.24. The summed E-state index contributed by atoms with van der Waals surface area (Å²) in [6, 6.07) is 18.6. The average Bonchev–Trinajstić information content (AvgIpc) is 3.16. The molecule has 1 atom stereocenters. The zero-order valence-corrected chi connectivity index (χ0v) is 17.5. The average molecular weight is 412 g/mol. The second-order valence-electron chi connectivity index (χ2n) is 8.36. The number of aromatic amines is 2. The van der Waals surface area contributed by atoms with Gasteiger partial charge in [0, 0.05) is 42.4 Å². The largest absolute Gasteiger partial charge is 0.351 e. The Morgan fingerprint density at radius 3 is 2.65 bits per heavy atom. The smallest absolute Gasteiger partial charge is 0.325 e. The van der Waals surface area contributed by atoms with Gasteiger partial charge >= 0.3 is 5.69 Å². The lowest BCUT2D eigenvalue weighted by Crippen LogP contribution is -2.29. The highest BCUT2D eigenvalue weighted by Crippen LogP contribution is 2.36. The molecule has 0 aliphatic heterocycles. The van der Waals surface area contributed by atoms with Crippen LogP contribution in [0.15, 0.2) is 76.5 Å². The summed E-state index contributed by atoms with van der Waals surface area (Å²) in [5, 5.41) is 1.24. The first-order valence-corrected chi connectivity index (χ1v) is 10.7. The summed E-state index contributed by atoms with van der Waals surface area (Å²) in [6.07, 6.45) is 7.49. The van der Waals surface area contributed by atoms with Gasteiger partial charge in [0.05, 0.1) is 0 Å². The van der Waals surface area contributed by atoms with Crippen molar-refractivity contribution < 1.29 is 0 Å². The van der Waals surface area contributed by atoms with Crippen LogP contribution in [-0.4, -0.2) is 14.5 Å². The maximum absolute atomic E-state index is 12.6. The molecule has 1 aliphatic carbocycles. The number of aryl methyl sites for hydroxylation is 1. The Kier molecular flexibility index (Phi) is 4.94. The number of aromatic nitrogens is 3. The molecule has 2 aromatic carbocycles. The number of benzene rings is 2. The van der Waals surface area contributed by atoms with Crippen molar-refractivity contribution in [2.75, 3.05) is 0 Å². The second-order valence-corrected chi connectivity index (χ2v) is 8.36. The molecule has 1 unspecified atom stereocenters. The molecule has 5 rings (SSSR count). The summed E-state index contributed by atoms with van der Waals surface area (Å²) >= 11 is 0. The fourth-order valence-electron chi connectivity index (χ4n) is 4.67. The fourth-order valence-corrected chi connectivity index (χ4v) is 4.67. The van der Waals surface area contributed by atoms with Gasteiger partial charge < -0.3 is 9.55 Å². The molecule has 0 radical (unpaired) electrons. The zero-order chi connectivity index (χ0) is 21.4. The molecule has 0 bridgehead atoms. The number of hydrogen-bond acceptors (Lipinski definition) is 2. The maximum atomic E-state index is 12.6. The number of H-pyrrole nitrogens is 2. The van der Waals surface area contributed by atoms with Gasteiger partial charge in [0.1, 0.15) is 0 Å². The van der Waals surface area contributed by atoms with Crippen molar-refractivity contribution in [3.05, 3.63) is 110 Å². The molecular weight excluding hydrogens is 386 g/mol. The standard InChI is InChI=1S/C26H25N3O2/c1-29-14-13-19-9-12-21(16-23(19)29)18-7-10-20(11-8-18)24-22(25(30)28-26(31)27-24)15-17-5-3-2-4-6-17/h2-7,9,12-14,16,20H,8,10-11,15H2,1H3,(H2,27,28,30,31). The van der Waals surface area contributed by atoms with Gasteiger partial charge in [-0.05, 0) is 53.5 Å². The Hall–Kier alpha value is -3.60. The van der Waals surface area contributed by atoms with Gasteiger partial charge in [0.25, 0.3) is 5.56 Å². The molecule has 5 nitrogen and oxygen atoms in total. The highest BCUT2D eigenvalue weighted by Gasteiger charge is 2.23. The summed E-state index contributed by atoms with van der Waals surface area (Å²) in [6.45, 7) is 0. The third-order valence-electron chi connectivity index (χ3n) is 6.38. The number of fused-ring (bicyclic) bond motifs is 1. The highest BCUT2D eigenvalue weighted by molar-refractivity contribution is 5.84. The van der Waals surface area contributed by atoms with Crippen LogP contribution in [0.3, 0.4) is 0 Å². The molecular formula is C26H25N3O2. The molecule has 5 heteroatoms. The van der Waals surface area contributed by atoms with Crippen LogP contribution in [0, 0.1) is 0 Å². The van der Waals surface area contributed by atoms with E-state index in [1.165, 1.54) is 22.0 Å². The van der Waals surface area contributed by atoms with Crippen LogP contribution in [0.25, 0.3) is 16.5 Å². The predicted octanol–water partition coefficient (Wildman–Crippen LogP) is 4.50. The lowest BCUT2D eigenvalue weighted by molar-refractivity contribution is 0.596. The van der Waals surface area contributed by atoms with E-state index in [1.54, 1.807) is 0 Å². The minimum Gasteiger partial charge on any atom is -0.351 e. The molecule has 156 valence electrons. The zero-order valence-electron chi connectivity index (χ0n) is 17.5. The van der Waals surface area contributed by atoms with Crippen LogP contribution >= 0.6 is 0 Å². The first-order valence-electron chi connectivity index (χ1n) is 10.7. The molecule has 0 saturated carbocycles. The topological polar surface area (TPSA) is 70.7 Å². The number of allylic oxidation sites excluding steroid dienone is 2. The highest BCUT2D eigenvalue weighted by atomic mass is 16.2. The first kappa shape index (κ1) is 19.4. The third kappa shape index (κ3) is 3.79. The molecule has 0 spiro atoms. The molecule has 0 fully saturated rings. The van der Waals surface area contributed by atoms with Crippen LogP contribution < -0.4 is 11.2 Å². The van der Waals surface area contributed by atoms with Gasteiger partial charge in [-0.1, -0.05) is 48.5 Å². The van der Waals surface area contributed by atoms with Crippen molar-refractivity contribution in [3.63, 3.8) is 0 Å². The molecule has 2 N–H and O–H groups in total. The van der Waals surface area contributed by atoms with Gasteiger partial charge in [-0.2, -0.15) is 0 Å². The van der Waals surface area contributed by atoms with Gasteiger partial charge in [0.15, 0.2) is 0 Å². The van der Waals surface area contributed by atoms with Crippen molar-refractivity contribution in [1.29, 1.82) is 0 Å². The van der Waals surface area contributed by atoms with Crippen LogP contribution in [0.5, 0.6) is 0 Å². The van der Waals surface area contributed by atoms with E-state index in [0.29, 0.717) is 12.0 Å². The van der Waals surface area contributed by atoms with E-state index in [9.17, 15) is 9.59 Å². The molecule has 0 saturated heterocycles. The van der Waals surface area contributed by atoms with Gasteiger partial charge in [0.2, 0.25) is 0 Å². The first-order chi connectivity index (χ1) is 15.1. The second kappa shape index (κ2) is 7.91. The number of rotatable bonds is 4. The number of hydrogen-bond donors (Lipinski definition) is 2. The van der Waals surface area contributed by atoms with E-state index in [-0.39, 0.29) is 11.5 Å². The summed E-state index contributed by atoms with van der Waals surface area (Å²) in [5.74, 6) is 0.135. The van der Waals surface area contributed by atoms with Gasteiger partial charge in [-0.3, -0.25) is 9.78 Å². The van der Waals surface area contributed by atoms with Crippen molar-refractivity contribution in [2.45, 2.75) is 31.6 Å².